The first-order valence-electron chi connectivity index (χ1n) is 6.11. The molecule has 112 valence electrons. The Morgan fingerprint density at radius 3 is 2.33 bits per heavy atom. The van der Waals surface area contributed by atoms with E-state index < -0.39 is 6.04 Å². The van der Waals surface area contributed by atoms with Crippen LogP contribution in [-0.4, -0.2) is 14.2 Å². The lowest BCUT2D eigenvalue weighted by Gasteiger charge is -2.19. The van der Waals surface area contributed by atoms with Gasteiger partial charge in [0.05, 0.1) is 24.7 Å². The second-order valence-electron chi connectivity index (χ2n) is 4.32. The number of hydrogen-bond acceptors (Lipinski definition) is 3. The summed E-state index contributed by atoms with van der Waals surface area (Å²) in [5, 5.41) is 0. The van der Waals surface area contributed by atoms with Crippen molar-refractivity contribution in [3.8, 4) is 11.5 Å². The zero-order valence-corrected chi connectivity index (χ0v) is 14.7. The summed E-state index contributed by atoms with van der Waals surface area (Å²) in [6, 6.07) is 7.84. The third-order valence-corrected chi connectivity index (χ3v) is 4.76. The summed E-state index contributed by atoms with van der Waals surface area (Å²) in [7, 11) is 3.12. The maximum absolute atomic E-state index is 13.7. The van der Waals surface area contributed by atoms with E-state index in [0.29, 0.717) is 26.0 Å². The third kappa shape index (κ3) is 3.07. The fourth-order valence-corrected chi connectivity index (χ4v) is 3.29. The SMILES string of the molecule is COc1ccc(C(N)c2cccc(F)c2Br)c(OC)c1Br. The molecule has 1 unspecified atom stereocenters. The topological polar surface area (TPSA) is 44.5 Å². The van der Waals surface area contributed by atoms with Crippen LogP contribution in [0.3, 0.4) is 0 Å². The molecule has 2 rings (SSSR count). The molecule has 2 N–H and O–H groups in total. The molecular weight excluding hydrogens is 405 g/mol. The predicted molar refractivity (Wildman–Crippen MR) is 87.4 cm³/mol. The zero-order chi connectivity index (χ0) is 15.6. The van der Waals surface area contributed by atoms with E-state index in [1.54, 1.807) is 32.4 Å². The Morgan fingerprint density at radius 2 is 1.71 bits per heavy atom. The first-order valence-corrected chi connectivity index (χ1v) is 7.69. The Kier molecular flexibility index (Phi) is 5.24. The summed E-state index contributed by atoms with van der Waals surface area (Å²) in [6.07, 6.45) is 0. The number of methoxy groups -OCH3 is 2. The van der Waals surface area contributed by atoms with Crippen LogP contribution in [0.4, 0.5) is 4.39 Å². The Balaban J connectivity index is 2.56. The lowest BCUT2D eigenvalue weighted by atomic mass is 9.98. The monoisotopic (exact) mass is 417 g/mol. The fourth-order valence-electron chi connectivity index (χ4n) is 2.09. The highest BCUT2D eigenvalue weighted by molar-refractivity contribution is 9.11. The van der Waals surface area contributed by atoms with Crippen molar-refractivity contribution in [1.82, 2.24) is 0 Å². The van der Waals surface area contributed by atoms with Gasteiger partial charge in [-0.1, -0.05) is 12.1 Å². The highest BCUT2D eigenvalue weighted by Crippen LogP contribution is 2.41. The van der Waals surface area contributed by atoms with Gasteiger partial charge in [-0.2, -0.15) is 0 Å². The van der Waals surface area contributed by atoms with Gasteiger partial charge >= 0.3 is 0 Å². The molecule has 0 aliphatic rings. The Labute approximate surface area is 139 Å². The van der Waals surface area contributed by atoms with Crippen LogP contribution in [0, 0.1) is 5.82 Å². The summed E-state index contributed by atoms with van der Waals surface area (Å²) in [4.78, 5) is 0. The summed E-state index contributed by atoms with van der Waals surface area (Å²) in [5.41, 5.74) is 7.66. The van der Waals surface area contributed by atoms with Crippen LogP contribution in [0.5, 0.6) is 11.5 Å². The van der Waals surface area contributed by atoms with Crippen molar-refractivity contribution in [2.75, 3.05) is 14.2 Å². The minimum atomic E-state index is -0.535. The minimum Gasteiger partial charge on any atom is -0.495 e. The van der Waals surface area contributed by atoms with Gasteiger partial charge in [0.15, 0.2) is 0 Å². The van der Waals surface area contributed by atoms with Gasteiger partial charge in [0, 0.05) is 5.56 Å². The molecule has 0 aliphatic carbocycles. The van der Waals surface area contributed by atoms with Crippen molar-refractivity contribution in [3.63, 3.8) is 0 Å². The van der Waals surface area contributed by atoms with E-state index in [2.05, 4.69) is 31.9 Å². The molecule has 0 aliphatic heterocycles. The zero-order valence-electron chi connectivity index (χ0n) is 11.5. The maximum Gasteiger partial charge on any atom is 0.141 e. The van der Waals surface area contributed by atoms with Crippen LogP contribution in [0.15, 0.2) is 39.3 Å². The molecule has 6 heteroatoms. The molecule has 0 amide bonds. The quantitative estimate of drug-likeness (QED) is 0.799. The average molecular weight is 419 g/mol. The lowest BCUT2D eigenvalue weighted by molar-refractivity contribution is 0.385. The van der Waals surface area contributed by atoms with Crippen LogP contribution in [0.1, 0.15) is 17.2 Å². The summed E-state index contributed by atoms with van der Waals surface area (Å²) in [5.74, 6) is 0.855. The predicted octanol–water partition coefficient (Wildman–Crippen LogP) is 4.42. The van der Waals surface area contributed by atoms with Gasteiger partial charge < -0.3 is 15.2 Å². The van der Waals surface area contributed by atoms with E-state index in [1.165, 1.54) is 6.07 Å². The molecule has 21 heavy (non-hydrogen) atoms. The minimum absolute atomic E-state index is 0.352. The van der Waals surface area contributed by atoms with Crippen LogP contribution in [0.2, 0.25) is 0 Å². The number of nitrogens with two attached hydrogens (primary N) is 1. The lowest BCUT2D eigenvalue weighted by Crippen LogP contribution is -2.14. The maximum atomic E-state index is 13.7. The van der Waals surface area contributed by atoms with Crippen LogP contribution >= 0.6 is 31.9 Å². The Bertz CT molecular complexity index is 664. The molecule has 0 heterocycles. The van der Waals surface area contributed by atoms with Crippen molar-refractivity contribution in [2.24, 2.45) is 5.73 Å². The van der Waals surface area contributed by atoms with E-state index in [-0.39, 0.29) is 5.82 Å². The highest BCUT2D eigenvalue weighted by atomic mass is 79.9. The van der Waals surface area contributed by atoms with Crippen molar-refractivity contribution in [1.29, 1.82) is 0 Å². The molecule has 2 aromatic rings. The molecule has 0 spiro atoms. The van der Waals surface area contributed by atoms with Gasteiger partial charge in [-0.15, -0.1) is 0 Å². The standard InChI is InChI=1S/C15H14Br2FNO2/c1-20-11-7-6-9(15(21-2)13(11)17)14(19)8-4-3-5-10(18)12(8)16/h3-7,14H,19H2,1-2H3. The van der Waals surface area contributed by atoms with Gasteiger partial charge in [0.1, 0.15) is 21.8 Å². The smallest absolute Gasteiger partial charge is 0.141 e. The summed E-state index contributed by atoms with van der Waals surface area (Å²) >= 11 is 6.67. The largest absolute Gasteiger partial charge is 0.495 e. The molecule has 0 saturated carbocycles. The van der Waals surface area contributed by atoms with Gasteiger partial charge in [-0.05, 0) is 55.6 Å². The summed E-state index contributed by atoms with van der Waals surface area (Å²) < 4.78 is 25.3. The number of halogens is 3. The van der Waals surface area contributed by atoms with E-state index >= 15 is 0 Å². The molecule has 0 bridgehead atoms. The van der Waals surface area contributed by atoms with E-state index in [1.807, 2.05) is 6.07 Å². The van der Waals surface area contributed by atoms with Crippen LogP contribution in [0.25, 0.3) is 0 Å². The van der Waals surface area contributed by atoms with Crippen molar-refractivity contribution < 1.29 is 13.9 Å². The number of rotatable bonds is 4. The van der Waals surface area contributed by atoms with Gasteiger partial charge in [-0.3, -0.25) is 0 Å². The fraction of sp³-hybridized carbons (Fsp3) is 0.200. The van der Waals surface area contributed by atoms with Crippen molar-refractivity contribution >= 4 is 31.9 Å². The number of benzene rings is 2. The van der Waals surface area contributed by atoms with Crippen molar-refractivity contribution in [2.45, 2.75) is 6.04 Å². The Hall–Kier alpha value is -1.11. The van der Waals surface area contributed by atoms with Crippen LogP contribution < -0.4 is 15.2 Å². The third-order valence-electron chi connectivity index (χ3n) is 3.17. The molecule has 1 atom stereocenters. The molecule has 2 aromatic carbocycles. The molecule has 0 saturated heterocycles. The van der Waals surface area contributed by atoms with Gasteiger partial charge in [0.25, 0.3) is 0 Å². The number of ether oxygens (including phenoxy) is 2. The molecule has 3 nitrogen and oxygen atoms in total. The Morgan fingerprint density at radius 1 is 1.00 bits per heavy atom. The van der Waals surface area contributed by atoms with Gasteiger partial charge in [0.2, 0.25) is 0 Å². The second-order valence-corrected chi connectivity index (χ2v) is 5.91. The van der Waals surface area contributed by atoms with Crippen LogP contribution in [-0.2, 0) is 0 Å². The molecular formula is C15H14Br2FNO2. The summed E-state index contributed by atoms with van der Waals surface area (Å²) in [6.45, 7) is 0. The van der Waals surface area contributed by atoms with E-state index in [9.17, 15) is 4.39 Å². The highest BCUT2D eigenvalue weighted by Gasteiger charge is 2.21. The second kappa shape index (κ2) is 6.77. The first kappa shape index (κ1) is 16.3. The molecule has 0 aromatic heterocycles. The molecule has 0 radical (unpaired) electrons. The van der Waals surface area contributed by atoms with Crippen molar-refractivity contribution in [3.05, 3.63) is 56.2 Å². The van der Waals surface area contributed by atoms with Gasteiger partial charge in [-0.25, -0.2) is 4.39 Å². The first-order chi connectivity index (χ1) is 10.0. The average Bonchev–Trinajstić information content (AvgIpc) is 2.49. The van der Waals surface area contributed by atoms with E-state index in [0.717, 1.165) is 5.56 Å². The normalized spacial score (nSPS) is 12.1. The molecule has 0 fully saturated rings. The van der Waals surface area contributed by atoms with E-state index in [4.69, 9.17) is 15.2 Å². The number of hydrogen-bond donors (Lipinski definition) is 1.